The lowest BCUT2D eigenvalue weighted by Gasteiger charge is -2.09. The molecule has 7 heteroatoms. The molecule has 0 amide bonds. The van der Waals surface area contributed by atoms with E-state index in [1.807, 2.05) is 24.9 Å². The number of rotatable bonds is 4. The lowest BCUT2D eigenvalue weighted by Crippen LogP contribution is -2.08. The molecule has 6 nitrogen and oxygen atoms in total. The van der Waals surface area contributed by atoms with Gasteiger partial charge in [0.15, 0.2) is 0 Å². The molecule has 2 aromatic heterocycles. The van der Waals surface area contributed by atoms with Crippen molar-refractivity contribution in [2.75, 3.05) is 17.7 Å². The maximum absolute atomic E-state index is 4.23. The zero-order valence-electron chi connectivity index (χ0n) is 9.61. The molecule has 0 aliphatic heterocycles. The molecule has 0 bridgehead atoms. The molecular weight excluding hydrogens is 284 g/mol. The molecule has 0 radical (unpaired) electrons. The molecular formula is C10H13BrN6. The van der Waals surface area contributed by atoms with Crippen molar-refractivity contribution in [3.8, 4) is 0 Å². The highest BCUT2D eigenvalue weighted by Crippen LogP contribution is 2.26. The molecule has 0 saturated heterocycles. The number of halogens is 1. The first-order valence-corrected chi connectivity index (χ1v) is 5.90. The van der Waals surface area contributed by atoms with E-state index >= 15 is 0 Å². The van der Waals surface area contributed by atoms with Crippen LogP contribution in [0.2, 0.25) is 0 Å². The topological polar surface area (TPSA) is 67.7 Å². The average molecular weight is 297 g/mol. The van der Waals surface area contributed by atoms with Crippen molar-refractivity contribution in [1.29, 1.82) is 0 Å². The van der Waals surface area contributed by atoms with Crippen molar-refractivity contribution in [1.82, 2.24) is 19.5 Å². The van der Waals surface area contributed by atoms with E-state index in [0.29, 0.717) is 6.54 Å². The summed E-state index contributed by atoms with van der Waals surface area (Å²) in [5, 5.41) is 6.19. The van der Waals surface area contributed by atoms with Gasteiger partial charge in [-0.05, 0) is 15.9 Å². The highest BCUT2D eigenvalue weighted by Gasteiger charge is 2.07. The maximum atomic E-state index is 4.23. The summed E-state index contributed by atoms with van der Waals surface area (Å²) in [4.78, 5) is 12.5. The number of anilines is 2. The van der Waals surface area contributed by atoms with Gasteiger partial charge in [0, 0.05) is 26.5 Å². The van der Waals surface area contributed by atoms with E-state index in [1.54, 1.807) is 6.20 Å². The van der Waals surface area contributed by atoms with Gasteiger partial charge < -0.3 is 15.2 Å². The van der Waals surface area contributed by atoms with Gasteiger partial charge in [-0.3, -0.25) is 0 Å². The van der Waals surface area contributed by atoms with Crippen molar-refractivity contribution >= 4 is 27.6 Å². The fourth-order valence-corrected chi connectivity index (χ4v) is 1.94. The Labute approximate surface area is 108 Å². The summed E-state index contributed by atoms with van der Waals surface area (Å²) in [6, 6.07) is 0. The Bertz CT molecular complexity index is 509. The molecule has 2 aromatic rings. The molecule has 0 fully saturated rings. The minimum atomic E-state index is 0.613. The molecule has 90 valence electrons. The van der Waals surface area contributed by atoms with Crippen LogP contribution in [0.25, 0.3) is 0 Å². The Hall–Kier alpha value is -1.63. The first-order chi connectivity index (χ1) is 8.22. The minimum Gasteiger partial charge on any atom is -0.372 e. The Balaban J connectivity index is 2.12. The summed E-state index contributed by atoms with van der Waals surface area (Å²) in [7, 11) is 3.77. The molecule has 0 atom stereocenters. The van der Waals surface area contributed by atoms with Gasteiger partial charge in [0.1, 0.15) is 28.3 Å². The number of aromatic nitrogens is 4. The van der Waals surface area contributed by atoms with Gasteiger partial charge in [0.05, 0.1) is 6.54 Å². The molecule has 0 aromatic carbocycles. The number of hydrogen-bond acceptors (Lipinski definition) is 5. The SMILES string of the molecule is CNc1ncnc(NCc2nccn2C)c1Br. The van der Waals surface area contributed by atoms with Gasteiger partial charge in [0.2, 0.25) is 0 Å². The van der Waals surface area contributed by atoms with Crippen LogP contribution in [0.3, 0.4) is 0 Å². The van der Waals surface area contributed by atoms with E-state index in [0.717, 1.165) is 21.9 Å². The molecule has 0 aliphatic rings. The van der Waals surface area contributed by atoms with Crippen molar-refractivity contribution in [2.24, 2.45) is 7.05 Å². The fourth-order valence-electron chi connectivity index (χ4n) is 1.40. The lowest BCUT2D eigenvalue weighted by molar-refractivity contribution is 0.810. The summed E-state index contributed by atoms with van der Waals surface area (Å²) < 4.78 is 2.78. The van der Waals surface area contributed by atoms with E-state index < -0.39 is 0 Å². The number of aryl methyl sites for hydroxylation is 1. The maximum Gasteiger partial charge on any atom is 0.146 e. The van der Waals surface area contributed by atoms with Crippen molar-refractivity contribution in [3.05, 3.63) is 29.0 Å². The largest absolute Gasteiger partial charge is 0.372 e. The Morgan fingerprint density at radius 2 is 2.06 bits per heavy atom. The predicted molar refractivity (Wildman–Crippen MR) is 69.8 cm³/mol. The van der Waals surface area contributed by atoms with Crippen LogP contribution in [0.1, 0.15) is 5.82 Å². The number of nitrogens with zero attached hydrogens (tertiary/aromatic N) is 4. The summed E-state index contributed by atoms with van der Waals surface area (Å²) in [5.74, 6) is 2.44. The Kier molecular flexibility index (Phi) is 3.58. The predicted octanol–water partition coefficient (Wildman–Crippen LogP) is 1.63. The normalized spacial score (nSPS) is 10.3. The third kappa shape index (κ3) is 2.55. The molecule has 0 spiro atoms. The van der Waals surface area contributed by atoms with Crippen LogP contribution in [0.4, 0.5) is 11.6 Å². The van der Waals surface area contributed by atoms with E-state index in [-0.39, 0.29) is 0 Å². The van der Waals surface area contributed by atoms with E-state index in [1.165, 1.54) is 6.33 Å². The number of imidazole rings is 1. The van der Waals surface area contributed by atoms with Gasteiger partial charge in [-0.25, -0.2) is 15.0 Å². The zero-order chi connectivity index (χ0) is 12.3. The molecule has 2 N–H and O–H groups in total. The van der Waals surface area contributed by atoms with Crippen LogP contribution >= 0.6 is 15.9 Å². The van der Waals surface area contributed by atoms with Crippen molar-refractivity contribution < 1.29 is 0 Å². The Morgan fingerprint density at radius 3 is 2.71 bits per heavy atom. The van der Waals surface area contributed by atoms with Gasteiger partial charge in [0.25, 0.3) is 0 Å². The third-order valence-corrected chi connectivity index (χ3v) is 3.11. The minimum absolute atomic E-state index is 0.613. The summed E-state index contributed by atoms with van der Waals surface area (Å²) in [6.07, 6.45) is 5.19. The zero-order valence-corrected chi connectivity index (χ0v) is 11.2. The molecule has 2 heterocycles. The second kappa shape index (κ2) is 5.13. The van der Waals surface area contributed by atoms with E-state index in [4.69, 9.17) is 0 Å². The molecule has 0 aliphatic carbocycles. The summed E-state index contributed by atoms with van der Waals surface area (Å²) in [5.41, 5.74) is 0. The van der Waals surface area contributed by atoms with Gasteiger partial charge in [-0.2, -0.15) is 0 Å². The summed E-state index contributed by atoms with van der Waals surface area (Å²) >= 11 is 3.45. The standard InChI is InChI=1S/C10H13BrN6/c1-12-9-8(11)10(16-6-15-9)14-5-7-13-3-4-17(7)2/h3-4,6H,5H2,1-2H3,(H2,12,14,15,16). The van der Waals surface area contributed by atoms with E-state index in [9.17, 15) is 0 Å². The molecule has 17 heavy (non-hydrogen) atoms. The van der Waals surface area contributed by atoms with E-state index in [2.05, 4.69) is 41.5 Å². The first-order valence-electron chi connectivity index (χ1n) is 5.10. The smallest absolute Gasteiger partial charge is 0.146 e. The van der Waals surface area contributed by atoms with Gasteiger partial charge in [-0.1, -0.05) is 0 Å². The highest BCUT2D eigenvalue weighted by atomic mass is 79.9. The average Bonchev–Trinajstić information content (AvgIpc) is 2.74. The van der Waals surface area contributed by atoms with Crippen LogP contribution in [-0.4, -0.2) is 26.6 Å². The Morgan fingerprint density at radius 1 is 1.29 bits per heavy atom. The van der Waals surface area contributed by atoms with Crippen molar-refractivity contribution in [2.45, 2.75) is 6.54 Å². The van der Waals surface area contributed by atoms with Crippen molar-refractivity contribution in [3.63, 3.8) is 0 Å². The van der Waals surface area contributed by atoms with Crippen LogP contribution in [0.5, 0.6) is 0 Å². The number of hydrogen-bond donors (Lipinski definition) is 2. The molecule has 0 saturated carbocycles. The second-order valence-electron chi connectivity index (χ2n) is 3.44. The van der Waals surface area contributed by atoms with Crippen LogP contribution < -0.4 is 10.6 Å². The third-order valence-electron chi connectivity index (χ3n) is 2.36. The number of nitrogens with one attached hydrogen (secondary N) is 2. The van der Waals surface area contributed by atoms with Crippen LogP contribution in [0.15, 0.2) is 23.2 Å². The fraction of sp³-hybridized carbons (Fsp3) is 0.300. The molecule has 0 unspecified atom stereocenters. The highest BCUT2D eigenvalue weighted by molar-refractivity contribution is 9.10. The van der Waals surface area contributed by atoms with Crippen LogP contribution in [-0.2, 0) is 13.6 Å². The lowest BCUT2D eigenvalue weighted by atomic mass is 10.5. The second-order valence-corrected chi connectivity index (χ2v) is 4.24. The monoisotopic (exact) mass is 296 g/mol. The summed E-state index contributed by atoms with van der Waals surface area (Å²) in [6.45, 7) is 0.613. The van der Waals surface area contributed by atoms with Gasteiger partial charge >= 0.3 is 0 Å². The quantitative estimate of drug-likeness (QED) is 0.897. The van der Waals surface area contributed by atoms with Gasteiger partial charge in [-0.15, -0.1) is 0 Å². The van der Waals surface area contributed by atoms with Crippen LogP contribution in [0, 0.1) is 0 Å². The molecule has 2 rings (SSSR count). The first kappa shape index (κ1) is 11.8.